The second-order valence-corrected chi connectivity index (χ2v) is 4.91. The molecule has 1 N–H and O–H groups in total. The lowest BCUT2D eigenvalue weighted by Gasteiger charge is -2.32. The van der Waals surface area contributed by atoms with Crippen LogP contribution >= 0.6 is 0 Å². The zero-order valence-corrected chi connectivity index (χ0v) is 11.8. The Labute approximate surface area is 124 Å². The molecule has 4 heteroatoms. The second-order valence-electron chi connectivity index (χ2n) is 4.91. The first-order valence-corrected chi connectivity index (χ1v) is 6.79. The van der Waals surface area contributed by atoms with Crippen molar-refractivity contribution >= 4 is 5.97 Å². The van der Waals surface area contributed by atoms with E-state index in [0.29, 0.717) is 12.0 Å². The summed E-state index contributed by atoms with van der Waals surface area (Å²) in [5.41, 5.74) is -0.217. The molecule has 0 unspecified atom stereocenters. The van der Waals surface area contributed by atoms with Crippen molar-refractivity contribution in [1.82, 2.24) is 4.57 Å². The lowest BCUT2D eigenvalue weighted by Crippen LogP contribution is -2.41. The fourth-order valence-electron chi connectivity index (χ4n) is 2.21. The minimum Gasteiger partial charge on any atom is -0.459 e. The number of hydrogen-bond acceptors (Lipinski definition) is 3. The fraction of sp³-hybridized carbons (Fsp3) is 0.235. The number of rotatable bonds is 7. The van der Waals surface area contributed by atoms with Gasteiger partial charge in [0.25, 0.3) is 0 Å². The van der Waals surface area contributed by atoms with Crippen molar-refractivity contribution in [3.8, 4) is 0 Å². The van der Waals surface area contributed by atoms with Gasteiger partial charge in [0.05, 0.1) is 12.2 Å². The predicted octanol–water partition coefficient (Wildman–Crippen LogP) is 2.61. The van der Waals surface area contributed by atoms with E-state index in [9.17, 15) is 9.90 Å². The van der Waals surface area contributed by atoms with E-state index in [4.69, 9.17) is 4.74 Å². The Morgan fingerprint density at radius 3 is 2.48 bits per heavy atom. The first-order valence-electron chi connectivity index (χ1n) is 6.79. The van der Waals surface area contributed by atoms with Gasteiger partial charge >= 0.3 is 5.97 Å². The van der Waals surface area contributed by atoms with Crippen LogP contribution in [-0.2, 0) is 10.3 Å². The van der Waals surface area contributed by atoms with Crippen molar-refractivity contribution in [2.45, 2.75) is 12.0 Å². The van der Waals surface area contributed by atoms with Crippen LogP contribution in [0.15, 0.2) is 67.5 Å². The summed E-state index contributed by atoms with van der Waals surface area (Å²) in [6, 6.07) is 12.5. The van der Waals surface area contributed by atoms with Gasteiger partial charge in [-0.2, -0.15) is 0 Å². The van der Waals surface area contributed by atoms with Crippen molar-refractivity contribution in [1.29, 1.82) is 0 Å². The fourth-order valence-corrected chi connectivity index (χ4v) is 2.21. The average Bonchev–Trinajstić information content (AvgIpc) is 3.07. The Morgan fingerprint density at radius 1 is 1.24 bits per heavy atom. The van der Waals surface area contributed by atoms with Gasteiger partial charge in [0.15, 0.2) is 0 Å². The van der Waals surface area contributed by atoms with Crippen LogP contribution in [0.4, 0.5) is 0 Å². The van der Waals surface area contributed by atoms with Gasteiger partial charge in [0, 0.05) is 12.4 Å². The molecule has 0 radical (unpaired) electrons. The summed E-state index contributed by atoms with van der Waals surface area (Å²) in [5, 5.41) is 9.80. The number of esters is 1. The predicted molar refractivity (Wildman–Crippen MR) is 81.0 cm³/mol. The summed E-state index contributed by atoms with van der Waals surface area (Å²) in [5.74, 6) is -0.398. The van der Waals surface area contributed by atoms with E-state index in [-0.39, 0.29) is 13.2 Å². The molecule has 21 heavy (non-hydrogen) atoms. The van der Waals surface area contributed by atoms with E-state index < -0.39 is 11.5 Å². The van der Waals surface area contributed by atoms with E-state index in [1.807, 2.05) is 35.2 Å². The Bertz CT molecular complexity index is 577. The Hall–Kier alpha value is -2.33. The molecule has 1 aromatic heterocycles. The first-order chi connectivity index (χ1) is 10.2. The van der Waals surface area contributed by atoms with Crippen LogP contribution < -0.4 is 0 Å². The van der Waals surface area contributed by atoms with Crippen LogP contribution in [0, 0.1) is 0 Å². The van der Waals surface area contributed by atoms with Crippen molar-refractivity contribution in [2.24, 2.45) is 0 Å². The minimum atomic E-state index is -0.713. The highest BCUT2D eigenvalue weighted by Crippen LogP contribution is 2.23. The van der Waals surface area contributed by atoms with E-state index in [0.717, 1.165) is 0 Å². The average molecular weight is 285 g/mol. The third kappa shape index (κ3) is 3.41. The van der Waals surface area contributed by atoms with Crippen molar-refractivity contribution in [3.05, 3.63) is 73.1 Å². The number of ether oxygens (including phenoxy) is 1. The van der Waals surface area contributed by atoms with Crippen LogP contribution in [0.2, 0.25) is 0 Å². The summed E-state index contributed by atoms with van der Waals surface area (Å²) in [7, 11) is 0. The molecule has 1 aromatic carbocycles. The molecule has 2 rings (SSSR count). The molecule has 0 aliphatic rings. The molecule has 1 heterocycles. The highest BCUT2D eigenvalue weighted by Gasteiger charge is 2.31. The van der Waals surface area contributed by atoms with Crippen LogP contribution in [0.5, 0.6) is 0 Å². The molecule has 0 aliphatic carbocycles. The smallest absolute Gasteiger partial charge is 0.338 e. The van der Waals surface area contributed by atoms with Crippen LogP contribution in [0.1, 0.15) is 16.8 Å². The van der Waals surface area contributed by atoms with E-state index in [1.165, 1.54) is 0 Å². The van der Waals surface area contributed by atoms with Gasteiger partial charge in [-0.3, -0.25) is 0 Å². The van der Waals surface area contributed by atoms with Gasteiger partial charge in [-0.25, -0.2) is 4.79 Å². The van der Waals surface area contributed by atoms with E-state index in [2.05, 4.69) is 6.58 Å². The number of aromatic nitrogens is 1. The molecule has 0 fully saturated rings. The van der Waals surface area contributed by atoms with Crippen molar-refractivity contribution in [3.63, 3.8) is 0 Å². The lowest BCUT2D eigenvalue weighted by atomic mass is 9.97. The first kappa shape index (κ1) is 15.1. The summed E-state index contributed by atoms with van der Waals surface area (Å²) < 4.78 is 7.25. The zero-order valence-electron chi connectivity index (χ0n) is 11.8. The zero-order chi connectivity index (χ0) is 15.1. The molecular formula is C17H19NO3. The van der Waals surface area contributed by atoms with Crippen LogP contribution in [-0.4, -0.2) is 28.9 Å². The van der Waals surface area contributed by atoms with Crippen LogP contribution in [0.25, 0.3) is 0 Å². The third-order valence-corrected chi connectivity index (χ3v) is 3.45. The summed E-state index contributed by atoms with van der Waals surface area (Å²) in [6.07, 6.45) is 5.90. The number of hydrogen-bond donors (Lipinski definition) is 1. The Morgan fingerprint density at radius 2 is 1.90 bits per heavy atom. The molecule has 0 saturated carbocycles. The van der Waals surface area contributed by atoms with Gasteiger partial charge in [-0.1, -0.05) is 24.3 Å². The standard InChI is InChI=1S/C17H19NO3/c1-2-10-17(13-19,18-11-6-7-12-18)14-21-16(20)15-8-4-3-5-9-15/h2-9,11-12,19H,1,10,13-14H2/t17-/m1/s1. The number of aliphatic hydroxyl groups excluding tert-OH is 1. The summed E-state index contributed by atoms with van der Waals surface area (Å²) in [4.78, 5) is 12.0. The molecular weight excluding hydrogens is 266 g/mol. The number of carbonyl (C=O) groups is 1. The molecule has 0 aliphatic heterocycles. The molecule has 0 bridgehead atoms. The lowest BCUT2D eigenvalue weighted by molar-refractivity contribution is 0.0153. The number of aliphatic hydroxyl groups is 1. The molecule has 0 spiro atoms. The quantitative estimate of drug-likeness (QED) is 0.628. The molecule has 2 aromatic rings. The Kier molecular flexibility index (Phi) is 4.95. The molecule has 0 saturated heterocycles. The number of benzene rings is 1. The van der Waals surface area contributed by atoms with Gasteiger partial charge < -0.3 is 14.4 Å². The maximum absolute atomic E-state index is 12.0. The van der Waals surface area contributed by atoms with Crippen LogP contribution in [0.3, 0.4) is 0 Å². The normalized spacial score (nSPS) is 13.4. The van der Waals surface area contributed by atoms with Gasteiger partial charge in [-0.15, -0.1) is 6.58 Å². The molecule has 1 atom stereocenters. The molecule has 110 valence electrons. The monoisotopic (exact) mass is 285 g/mol. The summed E-state index contributed by atoms with van der Waals surface area (Å²) >= 11 is 0. The van der Waals surface area contributed by atoms with Gasteiger partial charge in [0.2, 0.25) is 0 Å². The van der Waals surface area contributed by atoms with Gasteiger partial charge in [-0.05, 0) is 30.7 Å². The van der Waals surface area contributed by atoms with Crippen molar-refractivity contribution < 1.29 is 14.6 Å². The minimum absolute atomic E-state index is 0.0813. The molecule has 4 nitrogen and oxygen atoms in total. The number of carbonyl (C=O) groups excluding carboxylic acids is 1. The second kappa shape index (κ2) is 6.90. The van der Waals surface area contributed by atoms with Crippen molar-refractivity contribution in [2.75, 3.05) is 13.2 Å². The SMILES string of the molecule is C=CC[C@@](CO)(COC(=O)c1ccccc1)n1cccc1. The maximum Gasteiger partial charge on any atom is 0.338 e. The van der Waals surface area contributed by atoms with E-state index >= 15 is 0 Å². The number of allylic oxidation sites excluding steroid dienone is 1. The third-order valence-electron chi connectivity index (χ3n) is 3.45. The highest BCUT2D eigenvalue weighted by molar-refractivity contribution is 5.89. The summed E-state index contributed by atoms with van der Waals surface area (Å²) in [6.45, 7) is 3.66. The van der Waals surface area contributed by atoms with E-state index in [1.54, 1.807) is 30.3 Å². The largest absolute Gasteiger partial charge is 0.459 e. The molecule has 0 amide bonds. The topological polar surface area (TPSA) is 51.5 Å². The van der Waals surface area contributed by atoms with Gasteiger partial charge in [0.1, 0.15) is 12.1 Å². The maximum atomic E-state index is 12.0. The number of nitrogens with zero attached hydrogens (tertiary/aromatic N) is 1. The highest BCUT2D eigenvalue weighted by atomic mass is 16.5. The Balaban J connectivity index is 2.13.